The molecule has 0 spiro atoms. The van der Waals surface area contributed by atoms with Crippen molar-refractivity contribution < 1.29 is 64.3 Å². The minimum atomic E-state index is -1.37. The number of carboxylic acid groups (broad SMARTS) is 1. The van der Waals surface area contributed by atoms with E-state index in [1.807, 2.05) is 24.3 Å². The van der Waals surface area contributed by atoms with Crippen LogP contribution in [0.5, 0.6) is 0 Å². The van der Waals surface area contributed by atoms with E-state index in [0.717, 1.165) is 46.1 Å². The zero-order valence-electron chi connectivity index (χ0n) is 18.8. The summed E-state index contributed by atoms with van der Waals surface area (Å²) in [5, 5.41) is 32.1. The van der Waals surface area contributed by atoms with Crippen molar-refractivity contribution in [2.75, 3.05) is 0 Å². The van der Waals surface area contributed by atoms with Gasteiger partial charge >= 0.3 is 29.6 Å². The SMILES string of the molecule is O.O=C([O-])C[C@H](O)C[C@H](O)C1OC1c1c(C2CC2)nc2ccccc2c1-c1ccc(F)cc1.[Na+]. The Morgan fingerprint density at radius 1 is 1.15 bits per heavy atom. The molecule has 7 nitrogen and oxygen atoms in total. The Morgan fingerprint density at radius 2 is 1.82 bits per heavy atom. The summed E-state index contributed by atoms with van der Waals surface area (Å²) in [4.78, 5) is 15.6. The summed E-state index contributed by atoms with van der Waals surface area (Å²) in [6.45, 7) is 0. The number of rotatable bonds is 8. The van der Waals surface area contributed by atoms with Crippen LogP contribution in [0.3, 0.4) is 0 Å². The summed E-state index contributed by atoms with van der Waals surface area (Å²) in [5.74, 6) is -1.39. The Labute approximate surface area is 218 Å². The molecular weight excluding hydrogens is 452 g/mol. The smallest absolute Gasteiger partial charge is 0.550 e. The number of aliphatic carboxylic acids is 1. The third kappa shape index (κ3) is 5.49. The van der Waals surface area contributed by atoms with Crippen molar-refractivity contribution in [3.63, 3.8) is 0 Å². The number of epoxide rings is 1. The predicted molar refractivity (Wildman–Crippen MR) is 117 cm³/mol. The molecule has 1 aliphatic heterocycles. The summed E-state index contributed by atoms with van der Waals surface area (Å²) in [6.07, 6.45) is -1.89. The first-order valence-electron chi connectivity index (χ1n) is 10.8. The van der Waals surface area contributed by atoms with Crippen molar-refractivity contribution in [1.82, 2.24) is 4.98 Å². The fraction of sp³-hybridized carbons (Fsp3) is 0.360. The second kappa shape index (κ2) is 10.8. The second-order valence-corrected chi connectivity index (χ2v) is 8.64. The molecule has 2 aromatic carbocycles. The van der Waals surface area contributed by atoms with Gasteiger partial charge in [0.25, 0.3) is 0 Å². The Hall–Kier alpha value is -1.91. The zero-order valence-corrected chi connectivity index (χ0v) is 20.8. The van der Waals surface area contributed by atoms with Crippen molar-refractivity contribution in [3.05, 3.63) is 65.6 Å². The fourth-order valence-electron chi connectivity index (χ4n) is 4.47. The van der Waals surface area contributed by atoms with Crippen LogP contribution >= 0.6 is 0 Å². The van der Waals surface area contributed by atoms with Crippen LogP contribution in [0, 0.1) is 5.82 Å². The van der Waals surface area contributed by atoms with E-state index in [1.54, 1.807) is 12.1 Å². The molecule has 1 saturated carbocycles. The molecule has 2 unspecified atom stereocenters. The molecule has 4 N–H and O–H groups in total. The molecule has 34 heavy (non-hydrogen) atoms. The molecule has 9 heteroatoms. The van der Waals surface area contributed by atoms with Crippen LogP contribution in [0.2, 0.25) is 0 Å². The van der Waals surface area contributed by atoms with Gasteiger partial charge in [-0.15, -0.1) is 0 Å². The van der Waals surface area contributed by atoms with Crippen LogP contribution in [-0.4, -0.2) is 45.0 Å². The number of hydrogen-bond acceptors (Lipinski definition) is 6. The topological polar surface area (TPSA) is 138 Å². The number of aliphatic hydroxyl groups is 2. The summed E-state index contributed by atoms with van der Waals surface area (Å²) >= 11 is 0. The Morgan fingerprint density at radius 3 is 2.47 bits per heavy atom. The van der Waals surface area contributed by atoms with Crippen molar-refractivity contribution in [2.45, 2.75) is 56.0 Å². The average Bonchev–Trinajstić information content (AvgIpc) is 3.66. The van der Waals surface area contributed by atoms with Crippen LogP contribution in [0.1, 0.15) is 49.0 Å². The number of halogens is 1. The first kappa shape index (κ1) is 26.7. The largest absolute Gasteiger partial charge is 1.00 e. The second-order valence-electron chi connectivity index (χ2n) is 8.64. The van der Waals surface area contributed by atoms with Crippen LogP contribution in [0.15, 0.2) is 48.5 Å². The minimum absolute atomic E-state index is 0. The zero-order chi connectivity index (χ0) is 22.4. The third-order valence-electron chi connectivity index (χ3n) is 6.16. The van der Waals surface area contributed by atoms with Crippen molar-refractivity contribution in [1.29, 1.82) is 0 Å². The van der Waals surface area contributed by atoms with Crippen LogP contribution in [0.25, 0.3) is 22.0 Å². The average molecular weight is 477 g/mol. The van der Waals surface area contributed by atoms with Gasteiger partial charge in [-0.1, -0.05) is 30.3 Å². The first-order valence-corrected chi connectivity index (χ1v) is 10.8. The summed E-state index contributed by atoms with van der Waals surface area (Å²) in [6, 6.07) is 14.1. The molecule has 5 rings (SSSR count). The molecule has 2 fully saturated rings. The van der Waals surface area contributed by atoms with Gasteiger partial charge in [0.1, 0.15) is 18.0 Å². The van der Waals surface area contributed by atoms with Gasteiger partial charge in [-0.2, -0.15) is 0 Å². The number of carboxylic acids is 1. The molecule has 1 saturated heterocycles. The van der Waals surface area contributed by atoms with E-state index in [-0.39, 0.29) is 47.3 Å². The first-order chi connectivity index (χ1) is 15.4. The molecule has 0 radical (unpaired) electrons. The number of carbonyl (C=O) groups excluding carboxylic acids is 1. The number of aromatic nitrogens is 1. The number of nitrogens with zero attached hydrogens (tertiary/aromatic N) is 1. The maximum atomic E-state index is 13.6. The van der Waals surface area contributed by atoms with E-state index in [2.05, 4.69) is 0 Å². The van der Waals surface area contributed by atoms with Gasteiger partial charge in [-0.3, -0.25) is 4.98 Å². The van der Waals surface area contributed by atoms with Crippen molar-refractivity contribution >= 4 is 16.9 Å². The van der Waals surface area contributed by atoms with Gasteiger partial charge in [0.15, 0.2) is 0 Å². The van der Waals surface area contributed by atoms with Crippen LogP contribution in [-0.2, 0) is 9.53 Å². The minimum Gasteiger partial charge on any atom is -0.550 e. The van der Waals surface area contributed by atoms with E-state index in [0.29, 0.717) is 5.92 Å². The van der Waals surface area contributed by atoms with Gasteiger partial charge in [-0.05, 0) is 42.2 Å². The molecule has 4 atom stereocenters. The maximum absolute atomic E-state index is 13.6. The fourth-order valence-corrected chi connectivity index (χ4v) is 4.47. The molecule has 174 valence electrons. The molecular formula is C25H25FNNaO6. The maximum Gasteiger partial charge on any atom is 1.00 e. The third-order valence-corrected chi connectivity index (χ3v) is 6.16. The molecule has 1 aliphatic carbocycles. The predicted octanol–water partition coefficient (Wildman–Crippen LogP) is -1.21. The van der Waals surface area contributed by atoms with E-state index in [1.165, 1.54) is 12.1 Å². The van der Waals surface area contributed by atoms with Gasteiger partial charge in [0, 0.05) is 35.7 Å². The molecule has 0 amide bonds. The van der Waals surface area contributed by atoms with E-state index >= 15 is 0 Å². The number of hydrogen-bond donors (Lipinski definition) is 2. The number of fused-ring (bicyclic) bond motifs is 1. The van der Waals surface area contributed by atoms with Gasteiger partial charge < -0.3 is 30.3 Å². The number of pyridine rings is 1. The van der Waals surface area contributed by atoms with E-state index < -0.39 is 36.8 Å². The van der Waals surface area contributed by atoms with Crippen molar-refractivity contribution in [2.24, 2.45) is 0 Å². The number of benzene rings is 2. The molecule has 2 heterocycles. The summed E-state index contributed by atoms with van der Waals surface area (Å²) < 4.78 is 19.5. The van der Waals surface area contributed by atoms with E-state index in [4.69, 9.17) is 9.72 Å². The number of aliphatic hydroxyl groups excluding tert-OH is 2. The van der Waals surface area contributed by atoms with Gasteiger partial charge in [-0.25, -0.2) is 4.39 Å². The monoisotopic (exact) mass is 477 g/mol. The standard InChI is InChI=1S/C25H24FNO5.Na.H2O/c26-15-9-7-13(8-10-15)21-17-3-1-2-4-18(17)27-23(14-5-6-14)22(21)25-24(32-25)19(29)11-16(28)12-20(30)31;;/h1-4,7-10,14,16,19,24-25,28-29H,5-6,11-12H2,(H,30,31);;1H2/q;+1;/p-1/t16-,19+,24?,25?;;/m1../s1. The molecule has 3 aromatic rings. The van der Waals surface area contributed by atoms with Gasteiger partial charge in [0.2, 0.25) is 0 Å². The molecule has 2 aliphatic rings. The molecule has 0 bridgehead atoms. The summed E-state index contributed by atoms with van der Waals surface area (Å²) in [7, 11) is 0. The van der Waals surface area contributed by atoms with E-state index in [9.17, 15) is 24.5 Å². The normalized spacial score (nSPS) is 20.7. The van der Waals surface area contributed by atoms with Crippen LogP contribution in [0.4, 0.5) is 4.39 Å². The number of para-hydroxylation sites is 1. The Bertz CT molecular complexity index is 1170. The number of carbonyl (C=O) groups is 1. The Kier molecular flexibility index (Phi) is 8.47. The van der Waals surface area contributed by atoms with Gasteiger partial charge in [0.05, 0.1) is 23.4 Å². The quantitative estimate of drug-likeness (QED) is 0.309. The summed E-state index contributed by atoms with van der Waals surface area (Å²) in [5.41, 5.74) is 4.41. The molecule has 1 aromatic heterocycles. The Balaban J connectivity index is 0.00000162. The van der Waals surface area contributed by atoms with Crippen LogP contribution < -0.4 is 34.7 Å². The van der Waals surface area contributed by atoms with Crippen molar-refractivity contribution in [3.8, 4) is 11.1 Å². The number of ether oxygens (including phenoxy) is 1.